The van der Waals surface area contributed by atoms with E-state index in [1.165, 1.54) is 0 Å². The van der Waals surface area contributed by atoms with Crippen molar-refractivity contribution >= 4 is 21.8 Å². The summed E-state index contributed by atoms with van der Waals surface area (Å²) in [5, 5.41) is 0. The number of ether oxygens (including phenoxy) is 1. The van der Waals surface area contributed by atoms with Gasteiger partial charge in [-0.1, -0.05) is 22.0 Å². The van der Waals surface area contributed by atoms with E-state index in [0.717, 1.165) is 23.9 Å². The van der Waals surface area contributed by atoms with Crippen LogP contribution in [0, 0.1) is 0 Å². The standard InChI is InChI=1S/C16H16BrN3O2/c17-13-4-1-3-12(9-13)16(21)20-8-2-5-14(11-20)22-15-10-18-6-7-19-15/h1,3-4,6-7,9-10,14H,2,5,8,11H2. The van der Waals surface area contributed by atoms with Crippen molar-refractivity contribution in [3.05, 3.63) is 52.9 Å². The zero-order valence-electron chi connectivity index (χ0n) is 12.0. The molecule has 114 valence electrons. The summed E-state index contributed by atoms with van der Waals surface area (Å²) in [6.07, 6.45) is 6.60. The molecule has 2 heterocycles. The zero-order chi connectivity index (χ0) is 15.4. The van der Waals surface area contributed by atoms with Crippen molar-refractivity contribution < 1.29 is 9.53 Å². The SMILES string of the molecule is O=C(c1cccc(Br)c1)N1CCCC(Oc2cnccn2)C1. The van der Waals surface area contributed by atoms with Gasteiger partial charge in [-0.2, -0.15) is 0 Å². The summed E-state index contributed by atoms with van der Waals surface area (Å²) in [5.41, 5.74) is 0.689. The quantitative estimate of drug-likeness (QED) is 0.843. The average Bonchev–Trinajstić information content (AvgIpc) is 2.55. The van der Waals surface area contributed by atoms with Crippen molar-refractivity contribution in [1.29, 1.82) is 0 Å². The zero-order valence-corrected chi connectivity index (χ0v) is 13.6. The molecule has 22 heavy (non-hydrogen) atoms. The molecule has 0 aliphatic carbocycles. The van der Waals surface area contributed by atoms with Gasteiger partial charge < -0.3 is 9.64 Å². The maximum atomic E-state index is 12.6. The molecule has 1 aliphatic heterocycles. The van der Waals surface area contributed by atoms with Crippen LogP contribution >= 0.6 is 15.9 Å². The van der Waals surface area contributed by atoms with Gasteiger partial charge in [0.05, 0.1) is 12.7 Å². The number of aromatic nitrogens is 2. The van der Waals surface area contributed by atoms with E-state index in [2.05, 4.69) is 25.9 Å². The third-order valence-electron chi connectivity index (χ3n) is 3.56. The van der Waals surface area contributed by atoms with Crippen molar-refractivity contribution in [2.45, 2.75) is 18.9 Å². The van der Waals surface area contributed by atoms with Crippen molar-refractivity contribution in [3.63, 3.8) is 0 Å². The molecular weight excluding hydrogens is 346 g/mol. The first-order chi connectivity index (χ1) is 10.7. The number of carbonyl (C=O) groups excluding carboxylic acids is 1. The summed E-state index contributed by atoms with van der Waals surface area (Å²) in [4.78, 5) is 22.5. The maximum absolute atomic E-state index is 12.6. The molecule has 1 amide bonds. The van der Waals surface area contributed by atoms with E-state index in [4.69, 9.17) is 4.74 Å². The normalized spacial score (nSPS) is 18.0. The van der Waals surface area contributed by atoms with Crippen LogP contribution in [-0.2, 0) is 0 Å². The summed E-state index contributed by atoms with van der Waals surface area (Å²) >= 11 is 3.40. The largest absolute Gasteiger partial charge is 0.471 e. The predicted octanol–water partition coefficient (Wildman–Crippen LogP) is 2.92. The molecule has 0 saturated carbocycles. The smallest absolute Gasteiger partial charge is 0.254 e. The number of carbonyl (C=O) groups is 1. The number of likely N-dealkylation sites (tertiary alicyclic amines) is 1. The van der Waals surface area contributed by atoms with Gasteiger partial charge in [-0.25, -0.2) is 4.98 Å². The Kier molecular flexibility index (Phi) is 4.68. The second-order valence-corrected chi connectivity index (χ2v) is 6.10. The highest BCUT2D eigenvalue weighted by atomic mass is 79.9. The van der Waals surface area contributed by atoms with Gasteiger partial charge in [0.2, 0.25) is 5.88 Å². The fraction of sp³-hybridized carbons (Fsp3) is 0.312. The van der Waals surface area contributed by atoms with Crippen molar-refractivity contribution in [2.24, 2.45) is 0 Å². The molecule has 1 aromatic carbocycles. The Hall–Kier alpha value is -1.95. The monoisotopic (exact) mass is 361 g/mol. The van der Waals surface area contributed by atoms with E-state index in [9.17, 15) is 4.79 Å². The lowest BCUT2D eigenvalue weighted by Gasteiger charge is -2.32. The number of amides is 1. The number of piperidine rings is 1. The molecule has 6 heteroatoms. The van der Waals surface area contributed by atoms with Crippen LogP contribution in [0.2, 0.25) is 0 Å². The Balaban J connectivity index is 1.66. The van der Waals surface area contributed by atoms with Gasteiger partial charge in [0.25, 0.3) is 5.91 Å². The molecule has 1 aliphatic rings. The van der Waals surface area contributed by atoms with Gasteiger partial charge in [-0.05, 0) is 31.0 Å². The third-order valence-corrected chi connectivity index (χ3v) is 4.06. The Bertz CT molecular complexity index is 651. The molecule has 0 spiro atoms. The van der Waals surface area contributed by atoms with Crippen LogP contribution in [0.25, 0.3) is 0 Å². The molecule has 1 saturated heterocycles. The van der Waals surface area contributed by atoms with E-state index in [1.54, 1.807) is 18.6 Å². The van der Waals surface area contributed by atoms with Crippen LogP contribution < -0.4 is 4.74 Å². The maximum Gasteiger partial charge on any atom is 0.254 e. The molecule has 0 bridgehead atoms. The Morgan fingerprint density at radius 1 is 1.36 bits per heavy atom. The number of rotatable bonds is 3. The minimum Gasteiger partial charge on any atom is -0.471 e. The van der Waals surface area contributed by atoms with Crippen LogP contribution in [0.3, 0.4) is 0 Å². The van der Waals surface area contributed by atoms with Crippen molar-refractivity contribution in [2.75, 3.05) is 13.1 Å². The van der Waals surface area contributed by atoms with Gasteiger partial charge in [-0.15, -0.1) is 0 Å². The molecule has 2 aromatic rings. The average molecular weight is 362 g/mol. The third kappa shape index (κ3) is 3.62. The van der Waals surface area contributed by atoms with Gasteiger partial charge >= 0.3 is 0 Å². The lowest BCUT2D eigenvalue weighted by Crippen LogP contribution is -2.44. The molecule has 1 fully saturated rings. The molecule has 0 N–H and O–H groups in total. The van der Waals surface area contributed by atoms with Gasteiger partial charge in [-0.3, -0.25) is 9.78 Å². The molecule has 1 atom stereocenters. The topological polar surface area (TPSA) is 55.3 Å². The van der Waals surface area contributed by atoms with Crippen molar-refractivity contribution in [3.8, 4) is 5.88 Å². The van der Waals surface area contributed by atoms with E-state index in [1.807, 2.05) is 29.2 Å². The molecular formula is C16H16BrN3O2. The van der Waals surface area contributed by atoms with E-state index >= 15 is 0 Å². The van der Waals surface area contributed by atoms with Crippen LogP contribution in [0.4, 0.5) is 0 Å². The summed E-state index contributed by atoms with van der Waals surface area (Å²) in [6, 6.07) is 7.46. The number of hydrogen-bond acceptors (Lipinski definition) is 4. The van der Waals surface area contributed by atoms with E-state index in [0.29, 0.717) is 18.0 Å². The second-order valence-electron chi connectivity index (χ2n) is 5.19. The van der Waals surface area contributed by atoms with Crippen LogP contribution in [-0.4, -0.2) is 40.0 Å². The first-order valence-electron chi connectivity index (χ1n) is 7.20. The van der Waals surface area contributed by atoms with Crippen LogP contribution in [0.15, 0.2) is 47.3 Å². The molecule has 5 nitrogen and oxygen atoms in total. The molecule has 3 rings (SSSR count). The number of benzene rings is 1. The summed E-state index contributed by atoms with van der Waals surface area (Å²) < 4.78 is 6.72. The van der Waals surface area contributed by atoms with Gasteiger partial charge in [0.15, 0.2) is 0 Å². The number of hydrogen-bond donors (Lipinski definition) is 0. The minimum absolute atomic E-state index is 0.0359. The lowest BCUT2D eigenvalue weighted by atomic mass is 10.1. The van der Waals surface area contributed by atoms with E-state index < -0.39 is 0 Å². The van der Waals surface area contributed by atoms with Gasteiger partial charge in [0.1, 0.15) is 6.10 Å². The van der Waals surface area contributed by atoms with Crippen molar-refractivity contribution in [1.82, 2.24) is 14.9 Å². The first-order valence-corrected chi connectivity index (χ1v) is 7.99. The molecule has 1 unspecified atom stereocenters. The van der Waals surface area contributed by atoms with Gasteiger partial charge in [0, 0.05) is 29.0 Å². The molecule has 0 radical (unpaired) electrons. The lowest BCUT2D eigenvalue weighted by molar-refractivity contribution is 0.0527. The fourth-order valence-corrected chi connectivity index (χ4v) is 2.94. The van der Waals surface area contributed by atoms with Crippen LogP contribution in [0.1, 0.15) is 23.2 Å². The summed E-state index contributed by atoms with van der Waals surface area (Å²) in [7, 11) is 0. The number of halogens is 1. The highest BCUT2D eigenvalue weighted by Gasteiger charge is 2.26. The second kappa shape index (κ2) is 6.87. The van der Waals surface area contributed by atoms with Crippen LogP contribution in [0.5, 0.6) is 5.88 Å². The number of nitrogens with zero attached hydrogens (tertiary/aromatic N) is 3. The summed E-state index contributed by atoms with van der Waals surface area (Å²) in [5.74, 6) is 0.540. The Morgan fingerprint density at radius 2 is 2.27 bits per heavy atom. The fourth-order valence-electron chi connectivity index (χ4n) is 2.54. The van der Waals surface area contributed by atoms with E-state index in [-0.39, 0.29) is 12.0 Å². The summed E-state index contributed by atoms with van der Waals surface area (Å²) in [6.45, 7) is 1.33. The molecule has 1 aromatic heterocycles. The highest BCUT2D eigenvalue weighted by Crippen LogP contribution is 2.19. The Morgan fingerprint density at radius 3 is 3.05 bits per heavy atom. The predicted molar refractivity (Wildman–Crippen MR) is 85.7 cm³/mol. The Labute approximate surface area is 137 Å². The highest BCUT2D eigenvalue weighted by molar-refractivity contribution is 9.10. The minimum atomic E-state index is -0.0402. The first kappa shape index (κ1) is 15.0.